The predicted molar refractivity (Wildman–Crippen MR) is 535 cm³/mol. The first-order chi connectivity index (χ1) is 62.3. The van der Waals surface area contributed by atoms with Crippen LogP contribution in [0.4, 0.5) is 102 Å². The Hall–Kier alpha value is -15.6. The Balaban J connectivity index is 0.697. The van der Waals surface area contributed by atoms with E-state index in [0.717, 1.165) is 113 Å². The van der Waals surface area contributed by atoms with Crippen molar-refractivity contribution in [1.82, 2.24) is 9.97 Å². The Morgan fingerprint density at radius 1 is 0.214 bits per heavy atom. The minimum Gasteiger partial charge on any atom is -0.311 e. The molecule has 12 heteroatoms. The lowest BCUT2D eigenvalue weighted by Gasteiger charge is -2.51. The van der Waals surface area contributed by atoms with Crippen molar-refractivity contribution >= 4 is 196 Å². The van der Waals surface area contributed by atoms with Gasteiger partial charge in [-0.1, -0.05) is 313 Å². The average molecular weight is 1640 g/mol. The van der Waals surface area contributed by atoms with Crippen LogP contribution in [0.2, 0.25) is 13.1 Å². The molecule has 19 aromatic rings. The SMILES string of the molecule is C[Si]1(c2cccc(-c3cccc(N(c4ccccc4)c4cc5c6c(c4)N(c4ccccc4-c4cc(-c7ccccc7)ccn4)c4cccc7c4B6c4c(cccc4[Si]7(C)c4ccccc4)N5c4ccccc4-c4ccccn4)c3)c2)c2cccc3c2B2c4c(cc(N(c5ccccc5)c5ccccc5)cc4N(c4ccccc4)c4cccc1c42)N3c1ccccc1. The topological polar surface area (TPSA) is 45.2 Å². The molecule has 17 aromatic carbocycles. The van der Waals surface area contributed by atoms with Crippen LogP contribution in [-0.4, -0.2) is 39.5 Å². The predicted octanol–water partition coefficient (Wildman–Crippen LogP) is 21.1. The first-order valence-corrected chi connectivity index (χ1v) is 48.7. The quantitative estimate of drug-likeness (QED) is 0.0887. The number of aromatic nitrogens is 2. The Morgan fingerprint density at radius 2 is 0.548 bits per heavy atom. The van der Waals surface area contributed by atoms with Gasteiger partial charge in [-0.3, -0.25) is 9.97 Å². The van der Waals surface area contributed by atoms with Gasteiger partial charge in [-0.15, -0.1) is 0 Å². The lowest BCUT2D eigenvalue weighted by molar-refractivity contribution is 1.22. The van der Waals surface area contributed by atoms with Crippen molar-refractivity contribution in [2.45, 2.75) is 13.1 Å². The van der Waals surface area contributed by atoms with E-state index in [0.29, 0.717) is 0 Å². The molecule has 8 nitrogen and oxygen atoms in total. The zero-order chi connectivity index (χ0) is 83.3. The summed E-state index contributed by atoms with van der Waals surface area (Å²) in [4.78, 5) is 25.8. The zero-order valence-electron chi connectivity index (χ0n) is 69.5. The van der Waals surface area contributed by atoms with Crippen molar-refractivity contribution in [1.29, 1.82) is 0 Å². The highest BCUT2D eigenvalue weighted by molar-refractivity contribution is 7.22. The molecule has 1 atom stereocenters. The Labute approximate surface area is 737 Å². The van der Waals surface area contributed by atoms with Crippen LogP contribution in [0.15, 0.2) is 449 Å². The summed E-state index contributed by atoms with van der Waals surface area (Å²) >= 11 is 0. The van der Waals surface area contributed by atoms with Gasteiger partial charge in [0.05, 0.1) is 34.1 Å². The van der Waals surface area contributed by atoms with E-state index in [1.54, 1.807) is 0 Å². The van der Waals surface area contributed by atoms with Crippen LogP contribution in [0.1, 0.15) is 0 Å². The Bertz CT molecular complexity index is 7410. The summed E-state index contributed by atoms with van der Waals surface area (Å²) in [5.41, 5.74) is 36.4. The second-order valence-electron chi connectivity index (χ2n) is 34.1. The maximum absolute atomic E-state index is 5.31. The molecule has 6 aliphatic rings. The van der Waals surface area contributed by atoms with Gasteiger partial charge in [0.25, 0.3) is 13.4 Å². The molecular formula is C114H80B2N8Si2. The van der Waals surface area contributed by atoms with Gasteiger partial charge >= 0.3 is 0 Å². The van der Waals surface area contributed by atoms with Crippen LogP contribution in [0.5, 0.6) is 0 Å². The van der Waals surface area contributed by atoms with Crippen LogP contribution < -0.4 is 93.3 Å². The number of para-hydroxylation sites is 7. The molecule has 1 unspecified atom stereocenters. The van der Waals surface area contributed by atoms with Crippen LogP contribution in [0.3, 0.4) is 0 Å². The standard InChI is InChI=1S/C114H80B2N8Si2/c1-125(89-51-22-9-23-52-89)105-63-34-61-99-113(105)116-110-103(123(99)95-57-26-24-54-91(95)93-56-28-29-68-117-93)75-88(76-104(110)124(100-62-35-64-106(125)114(100)116)96-58-27-25-55-92(96)94-72-80(67-69-118-94)77-36-10-3-11-37-77)120(83-44-16-6-17-45-83)86-50-30-38-78(70-86)79-39-31-53-90(71-79)126(2)107-65-32-59-97-111(107)115-109-101(121(97)84-46-18-7-19-47-84)73-87(119(81-40-12-4-13-41-81)82-42-14-5-15-43-82)74-102(109)122(85-48-20-8-21-49-85)98-60-33-66-108(126)112(98)115/h3-76H,1-2H3. The number of nitrogens with zero attached hydrogens (tertiary/aromatic N) is 8. The summed E-state index contributed by atoms with van der Waals surface area (Å²) < 4.78 is 0. The number of hydrogen-bond donors (Lipinski definition) is 0. The van der Waals surface area contributed by atoms with Gasteiger partial charge in [0.15, 0.2) is 0 Å². The molecule has 0 fully saturated rings. The number of rotatable bonds is 16. The average Bonchev–Trinajstić information content (AvgIpc) is 0.671. The van der Waals surface area contributed by atoms with Crippen molar-refractivity contribution < 1.29 is 0 Å². The van der Waals surface area contributed by atoms with E-state index in [9.17, 15) is 0 Å². The van der Waals surface area contributed by atoms with E-state index in [1.807, 2.05) is 18.5 Å². The highest BCUT2D eigenvalue weighted by atomic mass is 28.3. The van der Waals surface area contributed by atoms with E-state index in [1.165, 1.54) is 98.0 Å². The second-order valence-corrected chi connectivity index (χ2v) is 41.9. The van der Waals surface area contributed by atoms with Crippen LogP contribution in [-0.2, 0) is 0 Å². The molecular weight excluding hydrogens is 1560 g/mol. The molecule has 590 valence electrons. The summed E-state index contributed by atoms with van der Waals surface area (Å²) in [5, 5.41) is 8.44. The largest absolute Gasteiger partial charge is 0.311 e. The van der Waals surface area contributed by atoms with E-state index in [2.05, 4.69) is 473 Å². The fourth-order valence-corrected chi connectivity index (χ4v) is 30.7. The molecule has 25 rings (SSSR count). The van der Waals surface area contributed by atoms with Crippen LogP contribution >= 0.6 is 0 Å². The van der Waals surface area contributed by atoms with Gasteiger partial charge in [0, 0.05) is 103 Å². The van der Waals surface area contributed by atoms with E-state index in [-0.39, 0.29) is 13.4 Å². The number of benzene rings is 17. The Kier molecular flexibility index (Phi) is 16.9. The molecule has 0 aliphatic carbocycles. The van der Waals surface area contributed by atoms with E-state index in [4.69, 9.17) is 9.97 Å². The fraction of sp³-hybridized carbons (Fsp3) is 0.0175. The number of hydrogen-bond acceptors (Lipinski definition) is 8. The number of anilines is 18. The molecule has 126 heavy (non-hydrogen) atoms. The van der Waals surface area contributed by atoms with Crippen LogP contribution in [0.25, 0.3) is 44.8 Å². The summed E-state index contributed by atoms with van der Waals surface area (Å²) in [6.45, 7) is 5.04. The van der Waals surface area contributed by atoms with Crippen molar-refractivity contribution in [2.75, 3.05) is 29.4 Å². The first kappa shape index (κ1) is 73.2. The number of pyridine rings is 2. The van der Waals surface area contributed by atoms with Gasteiger partial charge in [0.2, 0.25) is 0 Å². The van der Waals surface area contributed by atoms with Crippen molar-refractivity contribution in [3.05, 3.63) is 449 Å². The lowest BCUT2D eigenvalue weighted by atomic mass is 9.33. The van der Waals surface area contributed by atoms with E-state index >= 15 is 0 Å². The molecule has 0 radical (unpaired) electrons. The molecule has 0 saturated heterocycles. The van der Waals surface area contributed by atoms with Gasteiger partial charge < -0.3 is 29.4 Å². The molecule has 6 aliphatic heterocycles. The van der Waals surface area contributed by atoms with Gasteiger partial charge in [-0.05, 0) is 223 Å². The van der Waals surface area contributed by atoms with Crippen molar-refractivity contribution in [3.8, 4) is 44.8 Å². The smallest absolute Gasteiger partial charge is 0.251 e. The minimum atomic E-state index is -3.04. The van der Waals surface area contributed by atoms with Crippen molar-refractivity contribution in [2.24, 2.45) is 0 Å². The maximum atomic E-state index is 5.31. The third kappa shape index (κ3) is 11.0. The third-order valence-electron chi connectivity index (χ3n) is 27.6. The highest BCUT2D eigenvalue weighted by Gasteiger charge is 2.57. The molecule has 0 saturated carbocycles. The highest BCUT2D eigenvalue weighted by Crippen LogP contribution is 2.54. The van der Waals surface area contributed by atoms with Crippen molar-refractivity contribution in [3.63, 3.8) is 0 Å². The van der Waals surface area contributed by atoms with E-state index < -0.39 is 16.1 Å². The third-order valence-corrected chi connectivity index (χ3v) is 36.6. The summed E-state index contributed by atoms with van der Waals surface area (Å²) in [5.74, 6) is 0. The summed E-state index contributed by atoms with van der Waals surface area (Å²) in [6.07, 6.45) is 3.90. The Morgan fingerprint density at radius 3 is 1.02 bits per heavy atom. The molecule has 2 aromatic heterocycles. The van der Waals surface area contributed by atoms with Gasteiger partial charge in [-0.25, -0.2) is 0 Å². The molecule has 0 bridgehead atoms. The fourth-order valence-electron chi connectivity index (χ4n) is 22.2. The van der Waals surface area contributed by atoms with Crippen LogP contribution in [0, 0.1) is 0 Å². The second kappa shape index (κ2) is 29.0. The maximum Gasteiger partial charge on any atom is 0.251 e. The lowest BCUT2D eigenvalue weighted by Crippen LogP contribution is -2.83. The first-order valence-electron chi connectivity index (χ1n) is 43.7. The molecule has 8 heterocycles. The summed E-state index contributed by atoms with van der Waals surface area (Å²) in [7, 11) is -5.89. The molecule has 0 spiro atoms. The monoisotopic (exact) mass is 1640 g/mol. The molecule has 0 amide bonds. The zero-order valence-corrected chi connectivity index (χ0v) is 71.5. The van der Waals surface area contributed by atoms with Gasteiger partial charge in [0.1, 0.15) is 16.1 Å². The minimum absolute atomic E-state index is 0.0662. The summed E-state index contributed by atoms with van der Waals surface area (Å²) in [6, 6.07) is 164. The normalized spacial score (nSPS) is 14.6. The van der Waals surface area contributed by atoms with Gasteiger partial charge in [-0.2, -0.15) is 0 Å². The molecule has 0 N–H and O–H groups in total.